The fraction of sp³-hybridized carbons (Fsp3) is 0.500. The van der Waals surface area contributed by atoms with E-state index in [4.69, 9.17) is 10.5 Å². The number of amides is 1. The number of rotatable bonds is 3. The van der Waals surface area contributed by atoms with E-state index in [0.29, 0.717) is 13.2 Å². The first kappa shape index (κ1) is 13.1. The smallest absolute Gasteiger partial charge is 0.253 e. The monoisotopic (exact) mass is 248 g/mol. The molecule has 1 aromatic rings. The first-order valence-electron chi connectivity index (χ1n) is 6.30. The summed E-state index contributed by atoms with van der Waals surface area (Å²) in [5, 5.41) is 0. The number of carbonyl (C=O) groups excluding carboxylic acids is 1. The zero-order valence-electron chi connectivity index (χ0n) is 11.0. The third-order valence-electron chi connectivity index (χ3n) is 3.44. The van der Waals surface area contributed by atoms with Gasteiger partial charge in [0.15, 0.2) is 0 Å². The maximum Gasteiger partial charge on any atom is 0.253 e. The van der Waals surface area contributed by atoms with Gasteiger partial charge in [-0.3, -0.25) is 4.79 Å². The van der Waals surface area contributed by atoms with E-state index in [1.54, 1.807) is 0 Å². The van der Waals surface area contributed by atoms with E-state index in [1.807, 2.05) is 17.0 Å². The van der Waals surface area contributed by atoms with Crippen molar-refractivity contribution in [1.29, 1.82) is 0 Å². The highest BCUT2D eigenvalue weighted by Crippen LogP contribution is 2.24. The van der Waals surface area contributed by atoms with Gasteiger partial charge in [-0.15, -0.1) is 0 Å². The Kier molecular flexibility index (Phi) is 3.99. The largest absolute Gasteiger partial charge is 0.369 e. The summed E-state index contributed by atoms with van der Waals surface area (Å²) in [6.45, 7) is 5.41. The molecule has 1 aliphatic rings. The molecule has 1 atom stereocenters. The van der Waals surface area contributed by atoms with E-state index >= 15 is 0 Å². The number of nitrogens with two attached hydrogens (primary N) is 1. The molecule has 18 heavy (non-hydrogen) atoms. The van der Waals surface area contributed by atoms with Gasteiger partial charge in [0.05, 0.1) is 12.6 Å². The maximum atomic E-state index is 12.0. The lowest BCUT2D eigenvalue weighted by Crippen LogP contribution is -2.50. The summed E-state index contributed by atoms with van der Waals surface area (Å²) in [4.78, 5) is 13.9. The van der Waals surface area contributed by atoms with Gasteiger partial charge in [-0.25, -0.2) is 0 Å². The Morgan fingerprint density at radius 1 is 1.39 bits per heavy atom. The van der Waals surface area contributed by atoms with Gasteiger partial charge in [0.2, 0.25) is 0 Å². The third-order valence-corrected chi connectivity index (χ3v) is 3.44. The molecule has 2 N–H and O–H groups in total. The summed E-state index contributed by atoms with van der Waals surface area (Å²) in [6, 6.07) is 6.16. The third kappa shape index (κ3) is 2.54. The molecule has 4 nitrogen and oxygen atoms in total. The highest BCUT2D eigenvalue weighted by Gasteiger charge is 2.29. The summed E-state index contributed by atoms with van der Waals surface area (Å²) < 4.78 is 5.31. The van der Waals surface area contributed by atoms with Crippen molar-refractivity contribution in [1.82, 2.24) is 0 Å². The van der Waals surface area contributed by atoms with Gasteiger partial charge >= 0.3 is 0 Å². The number of hydrogen-bond donors (Lipinski definition) is 1. The van der Waals surface area contributed by atoms with Crippen LogP contribution in [0.25, 0.3) is 0 Å². The zero-order chi connectivity index (χ0) is 13.1. The molecule has 0 aromatic heterocycles. The minimum atomic E-state index is 0.0166. The number of anilines is 1. The van der Waals surface area contributed by atoms with Gasteiger partial charge < -0.3 is 15.4 Å². The molecular weight excluding hydrogens is 228 g/mol. The summed E-state index contributed by atoms with van der Waals surface area (Å²) in [5.41, 5.74) is 8.98. The summed E-state index contributed by atoms with van der Waals surface area (Å²) in [6.07, 6.45) is 0.763. The van der Waals surface area contributed by atoms with Crippen LogP contribution in [0.2, 0.25) is 0 Å². The molecule has 1 amide bonds. The second-order valence-electron chi connectivity index (χ2n) is 4.78. The predicted octanol–water partition coefficient (Wildman–Crippen LogP) is 1.38. The highest BCUT2D eigenvalue weighted by atomic mass is 16.5. The fourth-order valence-corrected chi connectivity index (χ4v) is 2.27. The number of hydrogen-bond acceptors (Lipinski definition) is 3. The van der Waals surface area contributed by atoms with E-state index in [0.717, 1.165) is 12.1 Å². The van der Waals surface area contributed by atoms with E-state index in [-0.39, 0.29) is 18.6 Å². The molecule has 1 aromatic carbocycles. The molecule has 4 heteroatoms. The summed E-state index contributed by atoms with van der Waals surface area (Å²) in [7, 11) is 0. The molecule has 1 saturated heterocycles. The van der Waals surface area contributed by atoms with E-state index in [2.05, 4.69) is 19.9 Å². The van der Waals surface area contributed by atoms with Gasteiger partial charge in [-0.1, -0.05) is 6.07 Å². The van der Waals surface area contributed by atoms with Crippen LogP contribution in [0.4, 0.5) is 5.69 Å². The Hall–Kier alpha value is -1.39. The molecule has 1 heterocycles. The SMILES string of the molecule is Cc1ccc(N2C(=O)COCC2CCN)cc1C. The summed E-state index contributed by atoms with van der Waals surface area (Å²) >= 11 is 0. The molecule has 0 bridgehead atoms. The van der Waals surface area contributed by atoms with E-state index < -0.39 is 0 Å². The van der Waals surface area contributed by atoms with Crippen LogP contribution in [0.15, 0.2) is 18.2 Å². The first-order valence-corrected chi connectivity index (χ1v) is 6.30. The van der Waals surface area contributed by atoms with Crippen LogP contribution in [0, 0.1) is 13.8 Å². The van der Waals surface area contributed by atoms with Crippen LogP contribution < -0.4 is 10.6 Å². The molecule has 0 aliphatic carbocycles. The molecular formula is C14H20N2O2. The Morgan fingerprint density at radius 2 is 2.17 bits per heavy atom. The van der Waals surface area contributed by atoms with Gasteiger partial charge in [0, 0.05) is 5.69 Å². The normalized spacial score (nSPS) is 20.3. The average molecular weight is 248 g/mol. The Labute approximate surface area is 108 Å². The van der Waals surface area contributed by atoms with Gasteiger partial charge in [-0.2, -0.15) is 0 Å². The lowest BCUT2D eigenvalue weighted by atomic mass is 10.1. The van der Waals surface area contributed by atoms with E-state index in [1.165, 1.54) is 11.1 Å². The number of nitrogens with zero attached hydrogens (tertiary/aromatic N) is 1. The molecule has 2 rings (SSSR count). The molecule has 1 aliphatic heterocycles. The van der Waals surface area contributed by atoms with Crippen molar-refractivity contribution in [3.63, 3.8) is 0 Å². The van der Waals surface area contributed by atoms with Gasteiger partial charge in [0.25, 0.3) is 5.91 Å². The fourth-order valence-electron chi connectivity index (χ4n) is 2.27. The number of benzene rings is 1. The topological polar surface area (TPSA) is 55.6 Å². The van der Waals surface area contributed by atoms with Crippen LogP contribution in [-0.2, 0) is 9.53 Å². The standard InChI is InChI=1S/C14H20N2O2/c1-10-3-4-12(7-11(10)2)16-13(5-6-15)8-18-9-14(16)17/h3-4,7,13H,5-6,8-9,15H2,1-2H3. The van der Waals surface area contributed by atoms with Crippen molar-refractivity contribution < 1.29 is 9.53 Å². The van der Waals surface area contributed by atoms with Crippen molar-refractivity contribution in [3.8, 4) is 0 Å². The van der Waals surface area contributed by atoms with Crippen molar-refractivity contribution in [2.75, 3.05) is 24.7 Å². The van der Waals surface area contributed by atoms with Crippen LogP contribution in [-0.4, -0.2) is 31.7 Å². The van der Waals surface area contributed by atoms with Crippen molar-refractivity contribution in [2.24, 2.45) is 5.73 Å². The molecule has 0 saturated carbocycles. The lowest BCUT2D eigenvalue weighted by Gasteiger charge is -2.35. The number of morpholine rings is 1. The Morgan fingerprint density at radius 3 is 2.83 bits per heavy atom. The number of ether oxygens (including phenoxy) is 1. The van der Waals surface area contributed by atoms with Crippen LogP contribution in [0.1, 0.15) is 17.5 Å². The quantitative estimate of drug-likeness (QED) is 0.879. The van der Waals surface area contributed by atoms with Crippen molar-refractivity contribution >= 4 is 11.6 Å². The molecule has 1 unspecified atom stereocenters. The predicted molar refractivity (Wildman–Crippen MR) is 71.7 cm³/mol. The zero-order valence-corrected chi connectivity index (χ0v) is 11.0. The molecule has 98 valence electrons. The number of aryl methyl sites for hydroxylation is 2. The Balaban J connectivity index is 2.31. The van der Waals surface area contributed by atoms with Crippen molar-refractivity contribution in [2.45, 2.75) is 26.3 Å². The van der Waals surface area contributed by atoms with Crippen LogP contribution in [0.5, 0.6) is 0 Å². The van der Waals surface area contributed by atoms with Crippen molar-refractivity contribution in [3.05, 3.63) is 29.3 Å². The minimum Gasteiger partial charge on any atom is -0.369 e. The maximum absolute atomic E-state index is 12.0. The average Bonchev–Trinajstić information content (AvgIpc) is 2.34. The van der Waals surface area contributed by atoms with Crippen LogP contribution in [0.3, 0.4) is 0 Å². The van der Waals surface area contributed by atoms with Gasteiger partial charge in [0.1, 0.15) is 6.61 Å². The second kappa shape index (κ2) is 5.50. The number of carbonyl (C=O) groups is 1. The highest BCUT2D eigenvalue weighted by molar-refractivity contribution is 5.95. The van der Waals surface area contributed by atoms with E-state index in [9.17, 15) is 4.79 Å². The summed E-state index contributed by atoms with van der Waals surface area (Å²) in [5.74, 6) is 0.0166. The first-order chi connectivity index (χ1) is 8.63. The second-order valence-corrected chi connectivity index (χ2v) is 4.78. The molecule has 1 fully saturated rings. The molecule has 0 radical (unpaired) electrons. The minimum absolute atomic E-state index is 0.0166. The van der Waals surface area contributed by atoms with Crippen LogP contribution >= 0.6 is 0 Å². The lowest BCUT2D eigenvalue weighted by molar-refractivity contribution is -0.127. The Bertz CT molecular complexity index is 443. The van der Waals surface area contributed by atoms with Gasteiger partial charge in [-0.05, 0) is 50.1 Å². The molecule has 0 spiro atoms.